The van der Waals surface area contributed by atoms with E-state index in [1.807, 2.05) is 20.8 Å². The van der Waals surface area contributed by atoms with Crippen LogP contribution < -0.4 is 11.2 Å². The molecule has 0 fully saturated rings. The molecule has 0 unspecified atom stereocenters. The molecule has 0 radical (unpaired) electrons. The third-order valence-corrected chi connectivity index (χ3v) is 3.51. The number of nitrogens with one attached hydrogen (secondary N) is 1. The summed E-state index contributed by atoms with van der Waals surface area (Å²) in [6.07, 6.45) is 12.7. The summed E-state index contributed by atoms with van der Waals surface area (Å²) in [5.41, 5.74) is 7.79. The second-order valence-corrected chi connectivity index (χ2v) is 6.86. The van der Waals surface area contributed by atoms with Crippen molar-refractivity contribution < 1.29 is 9.63 Å². The van der Waals surface area contributed by atoms with E-state index in [-0.39, 0.29) is 5.97 Å². The van der Waals surface area contributed by atoms with Crippen molar-refractivity contribution in [3.63, 3.8) is 0 Å². The van der Waals surface area contributed by atoms with E-state index in [4.69, 9.17) is 10.6 Å². The number of carbonyl (C=O) groups is 1. The Labute approximate surface area is 131 Å². The van der Waals surface area contributed by atoms with Crippen molar-refractivity contribution in [3.8, 4) is 0 Å². The minimum absolute atomic E-state index is 0.197. The van der Waals surface area contributed by atoms with Gasteiger partial charge in [0.2, 0.25) is 0 Å². The number of rotatable bonds is 13. The normalized spacial score (nSPS) is 11.6. The number of nitrogens with two attached hydrogens (primary N) is 1. The third-order valence-electron chi connectivity index (χ3n) is 3.51. The molecule has 0 aromatic heterocycles. The van der Waals surface area contributed by atoms with Crippen molar-refractivity contribution in [1.82, 2.24) is 5.48 Å². The molecule has 0 saturated carbocycles. The first-order valence-electron chi connectivity index (χ1n) is 8.62. The molecule has 0 aliphatic rings. The largest absolute Gasteiger partial charge is 0.370 e. The summed E-state index contributed by atoms with van der Waals surface area (Å²) in [6.45, 7) is 7.15. The average molecular weight is 300 g/mol. The number of hydroxylamine groups is 1. The van der Waals surface area contributed by atoms with Crippen molar-refractivity contribution in [2.24, 2.45) is 11.1 Å². The first-order chi connectivity index (χ1) is 9.98. The smallest absolute Gasteiger partial charge is 0.329 e. The monoisotopic (exact) mass is 300 g/mol. The fourth-order valence-electron chi connectivity index (χ4n) is 2.03. The van der Waals surface area contributed by atoms with Gasteiger partial charge in [-0.05, 0) is 40.2 Å². The van der Waals surface area contributed by atoms with Crippen LogP contribution >= 0.6 is 0 Å². The fourth-order valence-corrected chi connectivity index (χ4v) is 2.03. The van der Waals surface area contributed by atoms with Gasteiger partial charge >= 0.3 is 5.97 Å². The van der Waals surface area contributed by atoms with E-state index in [2.05, 4.69) is 5.48 Å². The summed E-state index contributed by atoms with van der Waals surface area (Å²) < 4.78 is 0. The van der Waals surface area contributed by atoms with Crippen LogP contribution in [0.4, 0.5) is 0 Å². The Bertz CT molecular complexity index is 250. The molecule has 0 rings (SSSR count). The van der Waals surface area contributed by atoms with Gasteiger partial charge in [0.25, 0.3) is 0 Å². The molecule has 0 amide bonds. The molecule has 0 aromatic carbocycles. The summed E-state index contributed by atoms with van der Waals surface area (Å²) >= 11 is 0. The van der Waals surface area contributed by atoms with E-state index >= 15 is 0 Å². The molecule has 21 heavy (non-hydrogen) atoms. The summed E-state index contributed by atoms with van der Waals surface area (Å²) in [7, 11) is 0. The summed E-state index contributed by atoms with van der Waals surface area (Å²) in [4.78, 5) is 16.5. The molecule has 4 heteroatoms. The van der Waals surface area contributed by atoms with E-state index in [0.717, 1.165) is 19.5 Å². The second kappa shape index (κ2) is 13.1. The highest BCUT2D eigenvalue weighted by molar-refractivity contribution is 5.75. The van der Waals surface area contributed by atoms with Crippen molar-refractivity contribution in [2.75, 3.05) is 13.1 Å². The quantitative estimate of drug-likeness (QED) is 0.399. The predicted octanol–water partition coefficient (Wildman–Crippen LogP) is 3.94. The zero-order chi connectivity index (χ0) is 16.0. The lowest BCUT2D eigenvalue weighted by Gasteiger charge is -2.16. The fraction of sp³-hybridized carbons (Fsp3) is 0.941. The van der Waals surface area contributed by atoms with Crippen molar-refractivity contribution in [1.29, 1.82) is 0 Å². The van der Waals surface area contributed by atoms with Crippen molar-refractivity contribution >= 4 is 5.97 Å². The minimum Gasteiger partial charge on any atom is -0.370 e. The standard InChI is InChI=1S/C17H36N2O2/c1-17(2,3)16(20)21-19-15-13-11-9-7-5-4-6-8-10-12-14-18/h19H,4-15,18H2,1-3H3. The summed E-state index contributed by atoms with van der Waals surface area (Å²) in [5, 5.41) is 0. The lowest BCUT2D eigenvalue weighted by atomic mass is 9.98. The van der Waals surface area contributed by atoms with Gasteiger partial charge in [-0.15, -0.1) is 0 Å². The van der Waals surface area contributed by atoms with Crippen LogP contribution in [0.1, 0.15) is 85.0 Å². The average Bonchev–Trinajstić information content (AvgIpc) is 2.42. The molecule has 0 aromatic rings. The Hall–Kier alpha value is -0.610. The van der Waals surface area contributed by atoms with Crippen molar-refractivity contribution in [3.05, 3.63) is 0 Å². The van der Waals surface area contributed by atoms with Crippen LogP contribution in [0.5, 0.6) is 0 Å². The Morgan fingerprint density at radius 3 is 1.71 bits per heavy atom. The zero-order valence-corrected chi connectivity index (χ0v) is 14.4. The van der Waals surface area contributed by atoms with Crippen molar-refractivity contribution in [2.45, 2.75) is 85.0 Å². The molecule has 0 atom stereocenters. The maximum absolute atomic E-state index is 11.5. The molecule has 0 bridgehead atoms. The molecule has 0 heterocycles. The number of hydrogen-bond donors (Lipinski definition) is 2. The molecule has 4 nitrogen and oxygen atoms in total. The SMILES string of the molecule is CC(C)(C)C(=O)ONCCCCCCCCCCCCN. The molecule has 0 spiro atoms. The molecule has 0 aliphatic heterocycles. The Morgan fingerprint density at radius 2 is 1.29 bits per heavy atom. The number of hydrogen-bond acceptors (Lipinski definition) is 4. The van der Waals surface area contributed by atoms with Gasteiger partial charge < -0.3 is 10.6 Å². The van der Waals surface area contributed by atoms with Gasteiger partial charge in [-0.2, -0.15) is 5.48 Å². The van der Waals surface area contributed by atoms with E-state index in [1.165, 1.54) is 57.8 Å². The zero-order valence-electron chi connectivity index (χ0n) is 14.4. The molecular weight excluding hydrogens is 264 g/mol. The van der Waals surface area contributed by atoms with Gasteiger partial charge in [-0.3, -0.25) is 0 Å². The molecule has 3 N–H and O–H groups in total. The van der Waals surface area contributed by atoms with Gasteiger partial charge in [0.05, 0.1) is 5.41 Å². The van der Waals surface area contributed by atoms with Gasteiger partial charge in [0.15, 0.2) is 0 Å². The van der Waals surface area contributed by atoms with E-state index in [0.29, 0.717) is 0 Å². The van der Waals surface area contributed by atoms with Crippen LogP contribution in [0.25, 0.3) is 0 Å². The van der Waals surface area contributed by atoms with Gasteiger partial charge in [-0.25, -0.2) is 4.79 Å². The van der Waals surface area contributed by atoms with E-state index in [9.17, 15) is 4.79 Å². The highest BCUT2D eigenvalue weighted by Gasteiger charge is 2.23. The maximum Gasteiger partial charge on any atom is 0.329 e. The minimum atomic E-state index is -0.433. The number of carbonyl (C=O) groups excluding carboxylic acids is 1. The van der Waals surface area contributed by atoms with Gasteiger partial charge in [-0.1, -0.05) is 51.4 Å². The molecule has 0 saturated heterocycles. The maximum atomic E-state index is 11.5. The lowest BCUT2D eigenvalue weighted by molar-refractivity contribution is -0.160. The van der Waals surface area contributed by atoms with Crippen LogP contribution in [-0.2, 0) is 9.63 Å². The number of unbranched alkanes of at least 4 members (excludes halogenated alkanes) is 9. The highest BCUT2D eigenvalue weighted by atomic mass is 16.7. The summed E-state index contributed by atoms with van der Waals surface area (Å²) in [6, 6.07) is 0. The molecular formula is C17H36N2O2. The Balaban J connectivity index is 3.14. The predicted molar refractivity (Wildman–Crippen MR) is 88.8 cm³/mol. The summed E-state index contributed by atoms with van der Waals surface area (Å²) in [5.74, 6) is -0.197. The second-order valence-electron chi connectivity index (χ2n) is 6.86. The van der Waals surface area contributed by atoms with Gasteiger partial charge in [0.1, 0.15) is 0 Å². The van der Waals surface area contributed by atoms with E-state index in [1.54, 1.807) is 0 Å². The Kier molecular flexibility index (Phi) is 12.7. The van der Waals surface area contributed by atoms with Gasteiger partial charge in [0, 0.05) is 6.54 Å². The van der Waals surface area contributed by atoms with Crippen LogP contribution in [0.2, 0.25) is 0 Å². The van der Waals surface area contributed by atoms with E-state index < -0.39 is 5.41 Å². The van der Waals surface area contributed by atoms with Crippen LogP contribution in [-0.4, -0.2) is 19.1 Å². The van der Waals surface area contributed by atoms with Crippen LogP contribution in [0.3, 0.4) is 0 Å². The van der Waals surface area contributed by atoms with Crippen LogP contribution in [0, 0.1) is 5.41 Å². The molecule has 126 valence electrons. The molecule has 0 aliphatic carbocycles. The topological polar surface area (TPSA) is 64.3 Å². The Morgan fingerprint density at radius 1 is 0.857 bits per heavy atom. The first-order valence-corrected chi connectivity index (χ1v) is 8.62. The van der Waals surface area contributed by atoms with Crippen LogP contribution in [0.15, 0.2) is 0 Å². The first kappa shape index (κ1) is 20.4. The lowest BCUT2D eigenvalue weighted by Crippen LogP contribution is -2.30. The third kappa shape index (κ3) is 14.1. The highest BCUT2D eigenvalue weighted by Crippen LogP contribution is 2.14.